The van der Waals surface area contributed by atoms with Crippen LogP contribution in [0, 0.1) is 6.92 Å². The van der Waals surface area contributed by atoms with E-state index in [1.54, 1.807) is 0 Å². The number of imidazole rings is 1. The molecule has 0 radical (unpaired) electrons. The van der Waals surface area contributed by atoms with Crippen molar-refractivity contribution in [3.8, 4) is 5.75 Å². The maximum absolute atomic E-state index is 12.3. The molecule has 0 fully saturated rings. The van der Waals surface area contributed by atoms with E-state index in [-0.39, 0.29) is 5.91 Å². The van der Waals surface area contributed by atoms with Crippen LogP contribution in [0.5, 0.6) is 5.75 Å². The van der Waals surface area contributed by atoms with E-state index in [1.165, 1.54) is 16.6 Å². The Morgan fingerprint density at radius 2 is 1.67 bits per heavy atom. The van der Waals surface area contributed by atoms with Gasteiger partial charge in [0, 0.05) is 19.5 Å². The summed E-state index contributed by atoms with van der Waals surface area (Å²) in [6, 6.07) is 24.9. The monoisotopic (exact) mass is 525 g/mol. The number of carbonyl (C=O) groups excluding carboxylic acids is 1. The van der Waals surface area contributed by atoms with E-state index in [1.807, 2.05) is 24.3 Å². The highest BCUT2D eigenvalue weighted by molar-refractivity contribution is 5.78. The Hall–Kier alpha value is -3.60. The highest BCUT2D eigenvalue weighted by Gasteiger charge is 2.11. The van der Waals surface area contributed by atoms with Gasteiger partial charge in [0.05, 0.1) is 24.1 Å². The van der Waals surface area contributed by atoms with Crippen molar-refractivity contribution in [1.29, 1.82) is 0 Å². The fourth-order valence-corrected chi connectivity index (χ4v) is 5.07. The molecule has 39 heavy (non-hydrogen) atoms. The number of hydrogen-bond acceptors (Lipinski definition) is 3. The molecule has 4 rings (SSSR count). The lowest BCUT2D eigenvalue weighted by atomic mass is 10.0. The number of fused-ring (bicyclic) bond motifs is 1. The van der Waals surface area contributed by atoms with Crippen LogP contribution in [0.25, 0.3) is 11.0 Å². The molecule has 0 aliphatic carbocycles. The van der Waals surface area contributed by atoms with Gasteiger partial charge in [-0.25, -0.2) is 4.98 Å². The zero-order valence-electron chi connectivity index (χ0n) is 23.8. The summed E-state index contributed by atoms with van der Waals surface area (Å²) in [5, 5.41) is 3.08. The fraction of sp³-hybridized carbons (Fsp3) is 0.412. The van der Waals surface area contributed by atoms with Crippen LogP contribution in [-0.4, -0.2) is 28.6 Å². The molecule has 4 aromatic rings. The lowest BCUT2D eigenvalue weighted by molar-refractivity contribution is -0.120. The number of para-hydroxylation sites is 3. The molecule has 5 nitrogen and oxygen atoms in total. The first-order chi connectivity index (χ1) is 19.0. The van der Waals surface area contributed by atoms with Crippen molar-refractivity contribution in [1.82, 2.24) is 14.9 Å². The number of aromatic nitrogens is 2. The number of unbranched alkanes of at least 4 members (excludes halogenated alkanes) is 3. The van der Waals surface area contributed by atoms with E-state index in [9.17, 15) is 4.79 Å². The summed E-state index contributed by atoms with van der Waals surface area (Å²) in [5.74, 6) is 2.72. The Morgan fingerprint density at radius 1 is 0.897 bits per heavy atom. The van der Waals surface area contributed by atoms with Gasteiger partial charge in [0.1, 0.15) is 11.6 Å². The zero-order chi connectivity index (χ0) is 27.5. The third-order valence-corrected chi connectivity index (χ3v) is 7.32. The summed E-state index contributed by atoms with van der Waals surface area (Å²) < 4.78 is 8.53. The molecule has 0 spiro atoms. The Bertz CT molecular complexity index is 1340. The molecule has 1 heterocycles. The Labute approximate surface area is 233 Å². The second-order valence-electron chi connectivity index (χ2n) is 10.7. The molecule has 0 saturated heterocycles. The van der Waals surface area contributed by atoms with Gasteiger partial charge in [0.25, 0.3) is 0 Å². The van der Waals surface area contributed by atoms with E-state index in [2.05, 4.69) is 79.2 Å². The molecule has 3 aromatic carbocycles. The smallest absolute Gasteiger partial charge is 0.224 e. The molecule has 0 atom stereocenters. The molecule has 206 valence electrons. The molecular weight excluding hydrogens is 482 g/mol. The largest absolute Gasteiger partial charge is 0.493 e. The van der Waals surface area contributed by atoms with E-state index in [0.29, 0.717) is 12.3 Å². The van der Waals surface area contributed by atoms with Crippen molar-refractivity contribution >= 4 is 16.9 Å². The summed E-state index contributed by atoms with van der Waals surface area (Å²) >= 11 is 0. The Balaban J connectivity index is 1.21. The lowest BCUT2D eigenvalue weighted by Crippen LogP contribution is -2.26. The van der Waals surface area contributed by atoms with E-state index in [0.717, 1.165) is 80.9 Å². The number of nitrogens with one attached hydrogen (secondary N) is 1. The first-order valence-corrected chi connectivity index (χ1v) is 14.5. The molecule has 0 saturated carbocycles. The second kappa shape index (κ2) is 14.5. The first kappa shape index (κ1) is 28.4. The lowest BCUT2D eigenvalue weighted by Gasteiger charge is -2.14. The predicted molar refractivity (Wildman–Crippen MR) is 160 cm³/mol. The van der Waals surface area contributed by atoms with Crippen molar-refractivity contribution in [2.45, 2.75) is 78.2 Å². The quantitative estimate of drug-likeness (QED) is 0.165. The standard InChI is InChI=1S/C34H43N3O2/c1-26(2)29-17-8-11-20-32(29)39-24-14-13-23-37-31-19-10-9-18-30(31)36-33(37)21-5-4-12-22-35-34(38)25-28-16-7-6-15-27(28)3/h6-11,15-20,26H,4-5,12-14,21-25H2,1-3H3,(H,35,38). The third kappa shape index (κ3) is 8.19. The summed E-state index contributed by atoms with van der Waals surface area (Å²) in [6.45, 7) is 8.85. The maximum Gasteiger partial charge on any atom is 0.224 e. The van der Waals surface area contributed by atoms with Crippen LogP contribution in [0.3, 0.4) is 0 Å². The van der Waals surface area contributed by atoms with Gasteiger partial charge in [-0.3, -0.25) is 4.79 Å². The molecule has 1 amide bonds. The van der Waals surface area contributed by atoms with Gasteiger partial charge >= 0.3 is 0 Å². The predicted octanol–water partition coefficient (Wildman–Crippen LogP) is 7.40. The second-order valence-corrected chi connectivity index (χ2v) is 10.7. The van der Waals surface area contributed by atoms with Crippen LogP contribution in [0.2, 0.25) is 0 Å². The van der Waals surface area contributed by atoms with E-state index < -0.39 is 0 Å². The average molecular weight is 526 g/mol. The minimum Gasteiger partial charge on any atom is -0.493 e. The van der Waals surface area contributed by atoms with Gasteiger partial charge in [0.2, 0.25) is 5.91 Å². The van der Waals surface area contributed by atoms with Crippen molar-refractivity contribution in [2.24, 2.45) is 0 Å². The van der Waals surface area contributed by atoms with Gasteiger partial charge < -0.3 is 14.6 Å². The van der Waals surface area contributed by atoms with Gasteiger partial charge in [-0.15, -0.1) is 0 Å². The molecule has 0 aliphatic heterocycles. The van der Waals surface area contributed by atoms with Crippen LogP contribution in [0.4, 0.5) is 0 Å². The number of nitrogens with zero attached hydrogens (tertiary/aromatic N) is 2. The van der Waals surface area contributed by atoms with E-state index >= 15 is 0 Å². The summed E-state index contributed by atoms with van der Waals surface area (Å²) in [4.78, 5) is 17.3. The topological polar surface area (TPSA) is 56.2 Å². The third-order valence-electron chi connectivity index (χ3n) is 7.32. The van der Waals surface area contributed by atoms with E-state index in [4.69, 9.17) is 9.72 Å². The number of rotatable bonds is 15. The molecule has 0 aliphatic rings. The average Bonchev–Trinajstić information content (AvgIpc) is 3.29. The molecular formula is C34H43N3O2. The molecule has 5 heteroatoms. The number of aryl methyl sites for hydroxylation is 3. The molecule has 0 bridgehead atoms. The molecule has 0 unspecified atom stereocenters. The summed E-state index contributed by atoms with van der Waals surface area (Å²) in [7, 11) is 0. The van der Waals surface area contributed by atoms with Gasteiger partial charge in [-0.1, -0.05) is 74.9 Å². The normalized spacial score (nSPS) is 11.3. The zero-order valence-corrected chi connectivity index (χ0v) is 23.8. The van der Waals surface area contributed by atoms with Crippen LogP contribution in [-0.2, 0) is 24.2 Å². The Kier molecular flexibility index (Phi) is 10.6. The molecule has 1 aromatic heterocycles. The minimum absolute atomic E-state index is 0.0998. The van der Waals surface area contributed by atoms with Crippen molar-refractivity contribution < 1.29 is 9.53 Å². The summed E-state index contributed by atoms with van der Waals surface area (Å²) in [6.07, 6.45) is 6.55. The van der Waals surface area contributed by atoms with Crippen molar-refractivity contribution in [3.05, 3.63) is 95.3 Å². The maximum atomic E-state index is 12.3. The van der Waals surface area contributed by atoms with Gasteiger partial charge in [0.15, 0.2) is 0 Å². The Morgan fingerprint density at radius 3 is 2.51 bits per heavy atom. The van der Waals surface area contributed by atoms with Crippen LogP contribution in [0.1, 0.15) is 74.4 Å². The SMILES string of the molecule is Cc1ccccc1CC(=O)NCCCCCc1nc2ccccc2n1CCCCOc1ccccc1C(C)C. The van der Waals surface area contributed by atoms with Crippen molar-refractivity contribution in [2.75, 3.05) is 13.2 Å². The van der Waals surface area contributed by atoms with Gasteiger partial charge in [-0.2, -0.15) is 0 Å². The van der Waals surface area contributed by atoms with Crippen LogP contribution < -0.4 is 10.1 Å². The highest BCUT2D eigenvalue weighted by atomic mass is 16.5. The number of amides is 1. The number of benzene rings is 3. The number of hydrogen-bond donors (Lipinski definition) is 1. The summed E-state index contributed by atoms with van der Waals surface area (Å²) in [5.41, 5.74) is 5.81. The minimum atomic E-state index is 0.0998. The van der Waals surface area contributed by atoms with Crippen molar-refractivity contribution in [3.63, 3.8) is 0 Å². The van der Waals surface area contributed by atoms with Gasteiger partial charge in [-0.05, 0) is 73.4 Å². The number of ether oxygens (including phenoxy) is 1. The first-order valence-electron chi connectivity index (χ1n) is 14.5. The van der Waals surface area contributed by atoms with Crippen LogP contribution in [0.15, 0.2) is 72.8 Å². The molecule has 1 N–H and O–H groups in total. The van der Waals surface area contributed by atoms with Crippen LogP contribution >= 0.6 is 0 Å². The highest BCUT2D eigenvalue weighted by Crippen LogP contribution is 2.26. The fourth-order valence-electron chi connectivity index (χ4n) is 5.07. The number of carbonyl (C=O) groups is 1.